The van der Waals surface area contributed by atoms with Crippen LogP contribution in [0.1, 0.15) is 27.6 Å². The van der Waals surface area contributed by atoms with Crippen molar-refractivity contribution in [3.05, 3.63) is 60.5 Å². The Balaban J connectivity index is 1.72. The maximum Gasteiger partial charge on any atom is 0.329 e. The molecule has 1 aliphatic heterocycles. The summed E-state index contributed by atoms with van der Waals surface area (Å²) < 4.78 is 4.94. The molecule has 0 aromatic heterocycles. The molecule has 0 unspecified atom stereocenters. The van der Waals surface area contributed by atoms with Crippen LogP contribution in [0, 0.1) is 0 Å². The van der Waals surface area contributed by atoms with Crippen molar-refractivity contribution in [2.24, 2.45) is 0 Å². The number of ether oxygens (including phenoxy) is 1. The highest BCUT2D eigenvalue weighted by molar-refractivity contribution is 6.55. The lowest BCUT2D eigenvalue weighted by atomic mass is 10.1. The highest BCUT2D eigenvalue weighted by atomic mass is 35.5. The molecule has 7 nitrogen and oxygen atoms in total. The Morgan fingerprint density at radius 1 is 0.968 bits per heavy atom. The van der Waals surface area contributed by atoms with Gasteiger partial charge in [-0.3, -0.25) is 19.3 Å². The van der Waals surface area contributed by atoms with Gasteiger partial charge in [-0.15, -0.1) is 0 Å². The quantitative estimate of drug-likeness (QED) is 0.254. The molecule has 0 radical (unpaired) electrons. The summed E-state index contributed by atoms with van der Waals surface area (Å²) in [5, 5.41) is 2.01. The van der Waals surface area contributed by atoms with Gasteiger partial charge >= 0.3 is 5.97 Å². The topological polar surface area (TPSA) is 92.8 Å². The number of nitrogens with zero attached hydrogens (tertiary/aromatic N) is 1. The van der Waals surface area contributed by atoms with E-state index in [1.165, 1.54) is 13.0 Å². The summed E-state index contributed by atoms with van der Waals surface area (Å²) in [5.41, 5.74) is -0.117. The molecule has 162 valence electrons. The second-order valence-electron chi connectivity index (χ2n) is 6.33. The number of carbonyl (C=O) groups is 4. The van der Waals surface area contributed by atoms with Crippen molar-refractivity contribution in [2.45, 2.75) is 13.0 Å². The van der Waals surface area contributed by atoms with Crippen molar-refractivity contribution in [3.63, 3.8) is 0 Å². The third-order valence-corrected chi connectivity index (χ3v) is 6.35. The molecule has 2 aromatic carbocycles. The highest BCUT2D eigenvalue weighted by Crippen LogP contribution is 2.45. The monoisotopic (exact) mass is 522 g/mol. The molecule has 1 heterocycles. The van der Waals surface area contributed by atoms with Crippen molar-refractivity contribution in [1.82, 2.24) is 4.90 Å². The molecule has 31 heavy (non-hydrogen) atoms. The maximum atomic E-state index is 12.8. The lowest BCUT2D eigenvalue weighted by molar-refractivity contribution is -0.150. The normalized spacial score (nSPS) is 13.8. The number of rotatable bonds is 5. The van der Waals surface area contributed by atoms with E-state index in [1.807, 2.05) is 0 Å². The van der Waals surface area contributed by atoms with Crippen molar-refractivity contribution >= 4 is 87.4 Å². The maximum absolute atomic E-state index is 12.8. The van der Waals surface area contributed by atoms with E-state index in [1.54, 1.807) is 18.2 Å². The minimum absolute atomic E-state index is 0.192. The number of nitrogens with one attached hydrogen (secondary N) is 1. The first-order chi connectivity index (χ1) is 14.5. The number of fused-ring (bicyclic) bond motifs is 1. The van der Waals surface area contributed by atoms with Crippen molar-refractivity contribution < 1.29 is 23.9 Å². The largest absolute Gasteiger partial charge is 0.454 e. The second-order valence-corrected chi connectivity index (χ2v) is 8.28. The van der Waals surface area contributed by atoms with Crippen molar-refractivity contribution in [2.75, 3.05) is 11.9 Å². The van der Waals surface area contributed by atoms with E-state index in [9.17, 15) is 19.2 Å². The average Bonchev–Trinajstić information content (AvgIpc) is 2.98. The zero-order valence-electron chi connectivity index (χ0n) is 15.5. The fourth-order valence-corrected chi connectivity index (χ4v) is 4.05. The van der Waals surface area contributed by atoms with Gasteiger partial charge in [0.15, 0.2) is 6.61 Å². The Bertz CT molecular complexity index is 1090. The fourth-order valence-electron chi connectivity index (χ4n) is 2.84. The number of hydrogen-bond acceptors (Lipinski definition) is 5. The summed E-state index contributed by atoms with van der Waals surface area (Å²) in [6, 6.07) is 4.97. The predicted molar refractivity (Wildman–Crippen MR) is 117 cm³/mol. The van der Waals surface area contributed by atoms with Gasteiger partial charge in [-0.2, -0.15) is 0 Å². The Labute approximate surface area is 201 Å². The summed E-state index contributed by atoms with van der Waals surface area (Å²) in [5.74, 6) is -3.42. The van der Waals surface area contributed by atoms with Crippen LogP contribution in [0.3, 0.4) is 0 Å². The van der Waals surface area contributed by atoms with Crippen molar-refractivity contribution in [1.29, 1.82) is 0 Å². The van der Waals surface area contributed by atoms with Gasteiger partial charge in [-0.1, -0.05) is 64.1 Å². The van der Waals surface area contributed by atoms with Crippen LogP contribution < -0.4 is 5.32 Å². The summed E-state index contributed by atoms with van der Waals surface area (Å²) >= 11 is 29.9. The van der Waals surface area contributed by atoms with Crippen LogP contribution in [-0.4, -0.2) is 41.2 Å². The van der Waals surface area contributed by atoms with Gasteiger partial charge in [0.25, 0.3) is 17.7 Å². The zero-order valence-corrected chi connectivity index (χ0v) is 19.3. The molecule has 12 heteroatoms. The molecule has 3 amide bonds. The van der Waals surface area contributed by atoms with Gasteiger partial charge in [0.05, 0.1) is 31.2 Å². The molecule has 0 saturated heterocycles. The Hall–Kier alpha value is -2.03. The Morgan fingerprint density at radius 3 is 2.03 bits per heavy atom. The fraction of sp³-hybridized carbons (Fsp3) is 0.158. The summed E-state index contributed by atoms with van der Waals surface area (Å²) in [6.07, 6.45) is 0. The minimum Gasteiger partial charge on any atom is -0.454 e. The first-order valence-corrected chi connectivity index (χ1v) is 10.4. The summed E-state index contributed by atoms with van der Waals surface area (Å²) in [7, 11) is 0. The lowest BCUT2D eigenvalue weighted by Gasteiger charge is -2.20. The minimum atomic E-state index is -1.38. The van der Waals surface area contributed by atoms with Crippen LogP contribution in [-0.2, 0) is 14.3 Å². The first-order valence-electron chi connectivity index (χ1n) is 8.50. The third-order valence-electron chi connectivity index (χ3n) is 4.31. The van der Waals surface area contributed by atoms with Crippen LogP contribution in [0.15, 0.2) is 24.3 Å². The molecule has 1 aliphatic rings. The molecule has 3 rings (SSSR count). The summed E-state index contributed by atoms with van der Waals surface area (Å²) in [6.45, 7) is 0.599. The smallest absolute Gasteiger partial charge is 0.329 e. The van der Waals surface area contributed by atoms with E-state index in [-0.39, 0.29) is 31.2 Å². The van der Waals surface area contributed by atoms with E-state index in [0.717, 1.165) is 0 Å². The van der Waals surface area contributed by atoms with E-state index < -0.39 is 36.3 Å². The number of amides is 3. The number of benzene rings is 2. The molecule has 0 fully saturated rings. The van der Waals surface area contributed by atoms with E-state index in [2.05, 4.69) is 5.32 Å². The highest BCUT2D eigenvalue weighted by Gasteiger charge is 2.45. The van der Waals surface area contributed by atoms with E-state index >= 15 is 0 Å². The van der Waals surface area contributed by atoms with Crippen LogP contribution in [0.2, 0.25) is 25.1 Å². The molecule has 0 aliphatic carbocycles. The van der Waals surface area contributed by atoms with Gasteiger partial charge in [0.2, 0.25) is 0 Å². The molecule has 2 aromatic rings. The van der Waals surface area contributed by atoms with Crippen molar-refractivity contribution in [3.8, 4) is 0 Å². The Kier molecular flexibility index (Phi) is 7.03. The van der Waals surface area contributed by atoms with Crippen LogP contribution in [0.5, 0.6) is 0 Å². The molecule has 0 bridgehead atoms. The lowest BCUT2D eigenvalue weighted by Crippen LogP contribution is -2.44. The van der Waals surface area contributed by atoms with Gasteiger partial charge in [0, 0.05) is 10.7 Å². The SMILES string of the molecule is C[C@@H](C(=O)OCC(=O)Nc1cccc(Cl)c1)N1C(=O)c2c(Cl)c(Cl)c(Cl)c(Cl)c2C1=O. The predicted octanol–water partition coefficient (Wildman–Crippen LogP) is 5.12. The molecular formula is C19H11Cl5N2O5. The number of anilines is 1. The van der Waals surface area contributed by atoms with Crippen LogP contribution in [0.4, 0.5) is 5.69 Å². The standard InChI is InChI=1S/C19H11Cl5N2O5/c1-7(19(30)31-6-10(27)25-9-4-2-3-8(20)5-9)26-17(28)11-12(18(26)29)14(22)16(24)15(23)13(11)21/h2-5,7H,6H2,1H3,(H,25,27)/t7-/m0/s1. The number of imide groups is 1. The molecule has 0 saturated carbocycles. The number of carbonyl (C=O) groups excluding carboxylic acids is 4. The second kappa shape index (κ2) is 9.22. The molecule has 1 atom stereocenters. The third kappa shape index (κ3) is 4.47. The van der Waals surface area contributed by atoms with Crippen LogP contribution in [0.25, 0.3) is 0 Å². The molecular weight excluding hydrogens is 513 g/mol. The van der Waals surface area contributed by atoms with E-state index in [0.29, 0.717) is 15.6 Å². The Morgan fingerprint density at radius 2 is 1.52 bits per heavy atom. The van der Waals surface area contributed by atoms with Gasteiger partial charge < -0.3 is 10.1 Å². The van der Waals surface area contributed by atoms with Gasteiger partial charge in [-0.05, 0) is 25.1 Å². The van der Waals surface area contributed by atoms with Gasteiger partial charge in [-0.25, -0.2) is 4.79 Å². The molecule has 1 N–H and O–H groups in total. The number of hydrogen-bond donors (Lipinski definition) is 1. The average molecular weight is 525 g/mol. The first kappa shape index (κ1) is 23.6. The zero-order chi connectivity index (χ0) is 23.0. The number of esters is 1. The summed E-state index contributed by atoms with van der Waals surface area (Å²) in [4.78, 5) is 50.5. The molecule has 0 spiro atoms. The van der Waals surface area contributed by atoms with Gasteiger partial charge in [0.1, 0.15) is 6.04 Å². The van der Waals surface area contributed by atoms with E-state index in [4.69, 9.17) is 62.7 Å². The van der Waals surface area contributed by atoms with Crippen LogP contribution >= 0.6 is 58.0 Å². The number of halogens is 5.